The summed E-state index contributed by atoms with van der Waals surface area (Å²) in [5.41, 5.74) is 1.37. The third kappa shape index (κ3) is 7.65. The van der Waals surface area contributed by atoms with Gasteiger partial charge in [-0.1, -0.05) is 69.9 Å². The minimum Gasteiger partial charge on any atom is -0.497 e. The van der Waals surface area contributed by atoms with Gasteiger partial charge in [-0.3, -0.25) is 0 Å². The van der Waals surface area contributed by atoms with Crippen molar-refractivity contribution in [3.05, 3.63) is 84.4 Å². The van der Waals surface area contributed by atoms with Crippen LogP contribution in [0.5, 0.6) is 11.5 Å². The first-order valence-corrected chi connectivity index (χ1v) is 17.7. The van der Waals surface area contributed by atoms with Crippen LogP contribution in [0.4, 0.5) is 15.8 Å². The summed E-state index contributed by atoms with van der Waals surface area (Å²) in [4.78, 5) is 13.7. The second-order valence-corrected chi connectivity index (χ2v) is 13.8. The zero-order valence-electron chi connectivity index (χ0n) is 26.2. The third-order valence-corrected chi connectivity index (χ3v) is 10.9. The van der Waals surface area contributed by atoms with E-state index in [1.165, 1.54) is 17.8 Å². The molecule has 0 fully saturated rings. The Balaban J connectivity index is 2.02. The van der Waals surface area contributed by atoms with Gasteiger partial charge in [0, 0.05) is 24.8 Å². The number of carbonyl (C=O) groups is 1. The number of para-hydroxylation sites is 1. The molecule has 0 spiro atoms. The van der Waals surface area contributed by atoms with Crippen molar-refractivity contribution >= 4 is 39.1 Å². The number of fused-ring (bicyclic) bond motifs is 1. The number of halogens is 1. The van der Waals surface area contributed by atoms with Gasteiger partial charge in [0.15, 0.2) is 0 Å². The van der Waals surface area contributed by atoms with Crippen LogP contribution < -0.4 is 14.4 Å². The lowest BCUT2D eigenvalue weighted by atomic mass is 9.85. The van der Waals surface area contributed by atoms with Gasteiger partial charge in [-0.05, 0) is 55.0 Å². The average molecular weight is 657 g/mol. The molecule has 3 aromatic carbocycles. The average Bonchev–Trinajstić information content (AvgIpc) is 3.13. The topological polar surface area (TPSA) is 96.4 Å². The van der Waals surface area contributed by atoms with E-state index in [-0.39, 0.29) is 17.2 Å². The molecule has 0 bridgehead atoms. The molecule has 0 aliphatic carbocycles. The number of hydrogen-bond acceptors (Lipinski definition) is 7. The number of carboxylic acids is 1. The van der Waals surface area contributed by atoms with E-state index in [1.807, 2.05) is 54.6 Å². The molecule has 1 aliphatic heterocycles. The van der Waals surface area contributed by atoms with Crippen molar-refractivity contribution in [2.45, 2.75) is 74.2 Å². The highest BCUT2D eigenvalue weighted by molar-refractivity contribution is 7.98. The largest absolute Gasteiger partial charge is 0.497 e. The summed E-state index contributed by atoms with van der Waals surface area (Å²) in [6.45, 7) is 4.76. The van der Waals surface area contributed by atoms with Crippen LogP contribution in [-0.2, 0) is 21.4 Å². The fourth-order valence-corrected chi connectivity index (χ4v) is 8.26. The summed E-state index contributed by atoms with van der Waals surface area (Å²) in [5, 5.41) is 9.02. The Kier molecular flexibility index (Phi) is 11.6. The second-order valence-electron chi connectivity index (χ2n) is 11.1. The molecule has 4 rings (SSSR count). The zero-order chi connectivity index (χ0) is 32.6. The number of unbranched alkanes of at least 4 members (excludes halogenated alkanes) is 2. The van der Waals surface area contributed by atoms with Gasteiger partial charge in [0.1, 0.15) is 22.7 Å². The molecule has 8 nitrogen and oxygen atoms in total. The van der Waals surface area contributed by atoms with Crippen LogP contribution in [-0.4, -0.2) is 49.2 Å². The number of nitrogens with zero attached hydrogens (tertiary/aromatic N) is 2. The predicted molar refractivity (Wildman–Crippen MR) is 177 cm³/mol. The van der Waals surface area contributed by atoms with Crippen LogP contribution in [0.1, 0.15) is 57.9 Å². The Morgan fingerprint density at radius 3 is 2.24 bits per heavy atom. The number of ether oxygens (including phenoxy) is 2. The lowest BCUT2D eigenvalue weighted by Crippen LogP contribution is -2.55. The number of sulfonamides is 1. The minimum absolute atomic E-state index is 0.00618. The Bertz CT molecular complexity index is 1590. The number of rotatable bonds is 14. The van der Waals surface area contributed by atoms with Crippen LogP contribution in [0.25, 0.3) is 0 Å². The summed E-state index contributed by atoms with van der Waals surface area (Å²) in [5.74, 6) is -2.55. The van der Waals surface area contributed by atoms with Crippen molar-refractivity contribution in [3.8, 4) is 11.5 Å². The molecule has 45 heavy (non-hydrogen) atoms. The zero-order valence-corrected chi connectivity index (χ0v) is 27.8. The highest BCUT2D eigenvalue weighted by atomic mass is 32.2. The SMILES string of the molecule is CCCCC1(CCCC)CN(c2ccccc2)c2cc(SC)c(OC=C(F)C(=O)O)cc2S(=O)(=O)N1Cc1ccc(OC)cc1. The lowest BCUT2D eigenvalue weighted by molar-refractivity contribution is -0.134. The first kappa shape index (κ1) is 34.3. The predicted octanol–water partition coefficient (Wildman–Crippen LogP) is 8.15. The molecule has 0 aromatic heterocycles. The maximum atomic E-state index is 15.1. The molecule has 242 valence electrons. The Labute approximate surface area is 269 Å². The lowest BCUT2D eigenvalue weighted by Gasteiger charge is -2.44. The van der Waals surface area contributed by atoms with Crippen molar-refractivity contribution in [3.63, 3.8) is 0 Å². The molecule has 0 unspecified atom stereocenters. The molecule has 0 amide bonds. The molecule has 1 N–H and O–H groups in total. The molecule has 0 atom stereocenters. The van der Waals surface area contributed by atoms with Gasteiger partial charge in [0.05, 0.1) is 23.2 Å². The number of thioether (sulfide) groups is 1. The van der Waals surface area contributed by atoms with Crippen LogP contribution in [0.15, 0.2) is 88.6 Å². The number of methoxy groups -OCH3 is 1. The molecular weight excluding hydrogens is 616 g/mol. The van der Waals surface area contributed by atoms with E-state index in [9.17, 15) is 9.18 Å². The number of benzene rings is 3. The smallest absolute Gasteiger partial charge is 0.368 e. The van der Waals surface area contributed by atoms with Gasteiger partial charge in [0.2, 0.25) is 15.9 Å². The Morgan fingerprint density at radius 2 is 1.69 bits per heavy atom. The molecule has 1 heterocycles. The summed E-state index contributed by atoms with van der Waals surface area (Å²) >= 11 is 1.30. The Morgan fingerprint density at radius 1 is 1.04 bits per heavy atom. The van der Waals surface area contributed by atoms with E-state index in [4.69, 9.17) is 14.6 Å². The van der Waals surface area contributed by atoms with Gasteiger partial charge in [0.25, 0.3) is 0 Å². The van der Waals surface area contributed by atoms with Gasteiger partial charge >= 0.3 is 5.97 Å². The highest BCUT2D eigenvalue weighted by Gasteiger charge is 2.49. The van der Waals surface area contributed by atoms with Crippen molar-refractivity contribution < 1.29 is 32.2 Å². The van der Waals surface area contributed by atoms with E-state index in [0.29, 0.717) is 42.0 Å². The molecule has 3 aromatic rings. The third-order valence-electron chi connectivity index (χ3n) is 8.12. The normalized spacial score (nSPS) is 16.1. The van der Waals surface area contributed by atoms with Crippen LogP contribution in [0.3, 0.4) is 0 Å². The molecule has 0 saturated heterocycles. The van der Waals surface area contributed by atoms with Gasteiger partial charge < -0.3 is 19.5 Å². The van der Waals surface area contributed by atoms with Crippen LogP contribution in [0.2, 0.25) is 0 Å². The maximum absolute atomic E-state index is 15.1. The molecule has 0 radical (unpaired) electrons. The van der Waals surface area contributed by atoms with Crippen molar-refractivity contribution in [1.82, 2.24) is 4.31 Å². The summed E-state index contributed by atoms with van der Waals surface area (Å²) < 4.78 is 56.7. The Hall–Kier alpha value is -3.54. The summed E-state index contributed by atoms with van der Waals surface area (Å²) in [6, 6.07) is 20.3. The number of anilines is 2. The maximum Gasteiger partial charge on any atom is 0.368 e. The van der Waals surface area contributed by atoms with Gasteiger partial charge in [-0.25, -0.2) is 13.2 Å². The van der Waals surface area contributed by atoms with E-state index in [1.54, 1.807) is 23.7 Å². The molecule has 1 aliphatic rings. The number of aliphatic carboxylic acids is 1. The molecular formula is C34H41FN2O6S2. The number of carboxylic acid groups (broad SMARTS) is 1. The van der Waals surface area contributed by atoms with E-state index in [0.717, 1.165) is 36.9 Å². The van der Waals surface area contributed by atoms with Crippen LogP contribution in [0, 0.1) is 0 Å². The first-order chi connectivity index (χ1) is 21.6. The number of hydrogen-bond donors (Lipinski definition) is 1. The minimum atomic E-state index is -4.20. The molecule has 11 heteroatoms. The monoisotopic (exact) mass is 656 g/mol. The standard InChI is InChI=1S/C34H41FN2O6S2/c1-5-7-18-34(19-8-6-2)24-36(26-12-10-9-11-13-26)29-20-31(44-4)30(43-23-28(35)33(38)39)21-32(29)45(40,41)37(34)22-25-14-16-27(42-3)17-15-25/h9-17,20-21,23H,5-8,18-19,22,24H2,1-4H3,(H,38,39). The van der Waals surface area contributed by atoms with E-state index in [2.05, 4.69) is 18.7 Å². The highest BCUT2D eigenvalue weighted by Crippen LogP contribution is 2.48. The van der Waals surface area contributed by atoms with Gasteiger partial charge in [-0.15, -0.1) is 11.8 Å². The van der Waals surface area contributed by atoms with Gasteiger partial charge in [-0.2, -0.15) is 8.70 Å². The molecule has 0 saturated carbocycles. The summed E-state index contributed by atoms with van der Waals surface area (Å²) in [6.07, 6.45) is 7.07. The second kappa shape index (κ2) is 15.2. The fraction of sp³-hybridized carbons (Fsp3) is 0.382. The quantitative estimate of drug-likeness (QED) is 0.106. The summed E-state index contributed by atoms with van der Waals surface area (Å²) in [7, 11) is -2.62. The van der Waals surface area contributed by atoms with Crippen molar-refractivity contribution in [2.24, 2.45) is 0 Å². The van der Waals surface area contributed by atoms with Crippen molar-refractivity contribution in [1.29, 1.82) is 0 Å². The van der Waals surface area contributed by atoms with Crippen molar-refractivity contribution in [2.75, 3.05) is 24.8 Å². The first-order valence-electron chi connectivity index (χ1n) is 15.1. The fourth-order valence-electron chi connectivity index (χ4n) is 5.73. The van der Waals surface area contributed by atoms with E-state index >= 15 is 8.42 Å². The van der Waals surface area contributed by atoms with E-state index < -0.39 is 27.4 Å². The van der Waals surface area contributed by atoms with Crippen LogP contribution >= 0.6 is 11.8 Å².